The number of methoxy groups -OCH3 is 1. The standard InChI is InChI=1S/C12H10N2OS/c1-9-14-10(8-16-9)5-6-11-12(15-2)4-3-7-13-11/h3-4,7-8H,1-2H3. The number of nitrogens with zero attached hydrogens (tertiary/aromatic N) is 2. The molecule has 0 bridgehead atoms. The Morgan fingerprint density at radius 1 is 1.38 bits per heavy atom. The van der Waals surface area contributed by atoms with Crippen molar-refractivity contribution in [1.82, 2.24) is 9.97 Å². The molecule has 2 aromatic heterocycles. The van der Waals surface area contributed by atoms with Crippen molar-refractivity contribution in [3.05, 3.63) is 40.1 Å². The number of aryl methyl sites for hydroxylation is 1. The van der Waals surface area contributed by atoms with Crippen LogP contribution in [0.4, 0.5) is 0 Å². The van der Waals surface area contributed by atoms with Gasteiger partial charge in [-0.25, -0.2) is 9.97 Å². The number of rotatable bonds is 1. The Labute approximate surface area is 98.1 Å². The molecule has 0 atom stereocenters. The minimum absolute atomic E-state index is 0.635. The summed E-state index contributed by atoms with van der Waals surface area (Å²) in [6.45, 7) is 1.96. The van der Waals surface area contributed by atoms with Crippen molar-refractivity contribution < 1.29 is 4.74 Å². The minimum atomic E-state index is 0.635. The lowest BCUT2D eigenvalue weighted by Crippen LogP contribution is -1.90. The fourth-order valence-electron chi connectivity index (χ4n) is 1.19. The van der Waals surface area contributed by atoms with Gasteiger partial charge in [-0.3, -0.25) is 0 Å². The van der Waals surface area contributed by atoms with Crippen molar-refractivity contribution in [2.24, 2.45) is 0 Å². The van der Waals surface area contributed by atoms with Crippen molar-refractivity contribution in [3.63, 3.8) is 0 Å². The maximum absolute atomic E-state index is 5.16. The fraction of sp³-hybridized carbons (Fsp3) is 0.167. The second-order valence-corrected chi connectivity index (χ2v) is 4.12. The van der Waals surface area contributed by atoms with Crippen molar-refractivity contribution >= 4 is 11.3 Å². The van der Waals surface area contributed by atoms with Crippen LogP contribution >= 0.6 is 11.3 Å². The van der Waals surface area contributed by atoms with Gasteiger partial charge in [-0.05, 0) is 30.9 Å². The molecule has 0 aliphatic carbocycles. The highest BCUT2D eigenvalue weighted by Crippen LogP contribution is 2.13. The third-order valence-corrected chi connectivity index (χ3v) is 2.69. The van der Waals surface area contributed by atoms with Crippen LogP contribution in [0.2, 0.25) is 0 Å². The summed E-state index contributed by atoms with van der Waals surface area (Å²) in [7, 11) is 1.61. The first-order valence-corrected chi connectivity index (χ1v) is 5.60. The number of pyridine rings is 1. The number of aromatic nitrogens is 2. The van der Waals surface area contributed by atoms with Crippen molar-refractivity contribution in [3.8, 4) is 17.6 Å². The zero-order chi connectivity index (χ0) is 11.4. The zero-order valence-corrected chi connectivity index (χ0v) is 9.84. The van der Waals surface area contributed by atoms with Gasteiger partial charge in [0.15, 0.2) is 11.4 Å². The predicted octanol–water partition coefficient (Wildman–Crippen LogP) is 2.25. The monoisotopic (exact) mass is 230 g/mol. The van der Waals surface area contributed by atoms with E-state index in [4.69, 9.17) is 4.74 Å². The summed E-state index contributed by atoms with van der Waals surface area (Å²) >= 11 is 1.58. The molecule has 0 fully saturated rings. The molecule has 2 rings (SSSR count). The highest BCUT2D eigenvalue weighted by Gasteiger charge is 1.99. The van der Waals surface area contributed by atoms with Crippen LogP contribution in [-0.2, 0) is 0 Å². The Balaban J connectivity index is 2.30. The summed E-state index contributed by atoms with van der Waals surface area (Å²) in [5, 5.41) is 2.94. The van der Waals surface area contributed by atoms with E-state index in [2.05, 4.69) is 21.8 Å². The Hall–Kier alpha value is -1.86. The summed E-state index contributed by atoms with van der Waals surface area (Å²) in [6, 6.07) is 3.65. The summed E-state index contributed by atoms with van der Waals surface area (Å²) in [4.78, 5) is 8.41. The Morgan fingerprint density at radius 2 is 2.25 bits per heavy atom. The molecular weight excluding hydrogens is 220 g/mol. The first kappa shape index (κ1) is 10.7. The smallest absolute Gasteiger partial charge is 0.155 e. The second-order valence-electron chi connectivity index (χ2n) is 3.06. The maximum Gasteiger partial charge on any atom is 0.155 e. The number of hydrogen-bond donors (Lipinski definition) is 0. The van der Waals surface area contributed by atoms with Gasteiger partial charge in [0.2, 0.25) is 0 Å². The van der Waals surface area contributed by atoms with Crippen LogP contribution < -0.4 is 4.74 Å². The van der Waals surface area contributed by atoms with Crippen LogP contribution in [0.25, 0.3) is 0 Å². The summed E-state index contributed by atoms with van der Waals surface area (Å²) in [5.74, 6) is 6.60. The molecule has 0 amide bonds. The third-order valence-electron chi connectivity index (χ3n) is 1.92. The van der Waals surface area contributed by atoms with Crippen molar-refractivity contribution in [1.29, 1.82) is 0 Å². The fourth-order valence-corrected chi connectivity index (χ4v) is 1.74. The highest BCUT2D eigenvalue weighted by atomic mass is 32.1. The summed E-state index contributed by atoms with van der Waals surface area (Å²) < 4.78 is 5.16. The van der Waals surface area contributed by atoms with Gasteiger partial charge in [-0.2, -0.15) is 0 Å². The molecule has 0 radical (unpaired) electrons. The van der Waals surface area contributed by atoms with Crippen molar-refractivity contribution in [2.45, 2.75) is 6.92 Å². The van der Waals surface area contributed by atoms with Gasteiger partial charge < -0.3 is 4.74 Å². The largest absolute Gasteiger partial charge is 0.494 e. The predicted molar refractivity (Wildman–Crippen MR) is 63.6 cm³/mol. The van der Waals surface area contributed by atoms with Crippen molar-refractivity contribution in [2.75, 3.05) is 7.11 Å². The molecule has 0 unspecified atom stereocenters. The maximum atomic E-state index is 5.16. The molecule has 0 saturated carbocycles. The van der Waals surface area contributed by atoms with Crippen LogP contribution in [0.3, 0.4) is 0 Å². The van der Waals surface area contributed by atoms with Crippen LogP contribution in [0.5, 0.6) is 5.75 Å². The molecule has 0 saturated heterocycles. The van der Waals surface area contributed by atoms with Gasteiger partial charge in [-0.15, -0.1) is 11.3 Å². The van der Waals surface area contributed by atoms with E-state index in [1.165, 1.54) is 0 Å². The molecule has 0 spiro atoms. The lowest BCUT2D eigenvalue weighted by Gasteiger charge is -1.99. The molecule has 0 N–H and O–H groups in total. The van der Waals surface area contributed by atoms with E-state index in [-0.39, 0.29) is 0 Å². The van der Waals surface area contributed by atoms with E-state index >= 15 is 0 Å². The van der Waals surface area contributed by atoms with Gasteiger partial charge in [0.1, 0.15) is 5.69 Å². The second kappa shape index (κ2) is 4.77. The highest BCUT2D eigenvalue weighted by molar-refractivity contribution is 7.09. The van der Waals surface area contributed by atoms with Gasteiger partial charge in [0.05, 0.1) is 12.1 Å². The van der Waals surface area contributed by atoms with E-state index in [0.717, 1.165) is 10.7 Å². The van der Waals surface area contributed by atoms with E-state index < -0.39 is 0 Å². The molecule has 0 aliphatic rings. The minimum Gasteiger partial charge on any atom is -0.494 e. The molecule has 80 valence electrons. The van der Waals surface area contributed by atoms with Gasteiger partial charge >= 0.3 is 0 Å². The molecule has 16 heavy (non-hydrogen) atoms. The Bertz CT molecular complexity index is 551. The van der Waals surface area contributed by atoms with Crippen LogP contribution in [0, 0.1) is 18.8 Å². The summed E-state index contributed by atoms with van der Waals surface area (Å²) in [5.41, 5.74) is 1.41. The van der Waals surface area contributed by atoms with E-state index in [1.807, 2.05) is 24.4 Å². The lowest BCUT2D eigenvalue weighted by molar-refractivity contribution is 0.411. The quantitative estimate of drug-likeness (QED) is 0.705. The van der Waals surface area contributed by atoms with E-state index in [9.17, 15) is 0 Å². The van der Waals surface area contributed by atoms with Crippen LogP contribution in [0.15, 0.2) is 23.7 Å². The SMILES string of the molecule is COc1cccnc1C#Cc1csc(C)n1. The molecule has 0 aliphatic heterocycles. The average Bonchev–Trinajstić information content (AvgIpc) is 2.73. The zero-order valence-electron chi connectivity index (χ0n) is 9.02. The average molecular weight is 230 g/mol. The molecule has 4 heteroatoms. The normalized spacial score (nSPS) is 9.38. The number of ether oxygens (including phenoxy) is 1. The lowest BCUT2D eigenvalue weighted by atomic mass is 10.3. The molecular formula is C12H10N2OS. The molecule has 2 heterocycles. The first-order valence-electron chi connectivity index (χ1n) is 4.73. The number of thiazole rings is 1. The molecule has 3 nitrogen and oxygen atoms in total. The van der Waals surface area contributed by atoms with Gasteiger partial charge in [0.25, 0.3) is 0 Å². The first-order chi connectivity index (χ1) is 7.79. The van der Waals surface area contributed by atoms with E-state index in [0.29, 0.717) is 11.4 Å². The van der Waals surface area contributed by atoms with E-state index in [1.54, 1.807) is 24.6 Å². The van der Waals surface area contributed by atoms with Gasteiger partial charge in [-0.1, -0.05) is 0 Å². The number of hydrogen-bond acceptors (Lipinski definition) is 4. The topological polar surface area (TPSA) is 35.0 Å². The van der Waals surface area contributed by atoms with Crippen LogP contribution in [0.1, 0.15) is 16.4 Å². The Morgan fingerprint density at radius 3 is 2.94 bits per heavy atom. The molecule has 2 aromatic rings. The Kier molecular flexibility index (Phi) is 3.18. The molecule has 0 aromatic carbocycles. The van der Waals surface area contributed by atoms with Crippen LogP contribution in [-0.4, -0.2) is 17.1 Å². The third kappa shape index (κ3) is 2.38. The summed E-state index contributed by atoms with van der Waals surface area (Å²) in [6.07, 6.45) is 1.69. The van der Waals surface area contributed by atoms with Gasteiger partial charge in [0, 0.05) is 11.6 Å².